The van der Waals surface area contributed by atoms with Gasteiger partial charge in [-0.1, -0.05) is 12.1 Å². The van der Waals surface area contributed by atoms with Crippen LogP contribution >= 0.6 is 0 Å². The molecule has 2 aliphatic rings. The highest BCUT2D eigenvalue weighted by molar-refractivity contribution is 6.04. The largest absolute Gasteiger partial charge is 0.377 e. The van der Waals surface area contributed by atoms with Crippen molar-refractivity contribution in [3.8, 4) is 17.2 Å². The molecule has 0 bridgehead atoms. The van der Waals surface area contributed by atoms with Gasteiger partial charge in [0.15, 0.2) is 0 Å². The van der Waals surface area contributed by atoms with Crippen LogP contribution in [0.25, 0.3) is 11.1 Å². The van der Waals surface area contributed by atoms with Crippen molar-refractivity contribution >= 4 is 17.3 Å². The predicted octanol–water partition coefficient (Wildman–Crippen LogP) is 4.81. The zero-order valence-corrected chi connectivity index (χ0v) is 20.3. The van der Waals surface area contributed by atoms with E-state index in [1.165, 1.54) is 18.5 Å². The Bertz CT molecular complexity index is 1420. The highest BCUT2D eigenvalue weighted by Crippen LogP contribution is 2.41. The SMILES string of the molecule is Cc1ncc(NC(=O)c2ccnc(C(C)(F)F)c2)cc1-c1ccc2c(c1)N1CCOC[C@H]1[C@@](F)(C#N)C2. The molecule has 1 aromatic carbocycles. The second-order valence-corrected chi connectivity index (χ2v) is 9.41. The third-order valence-corrected chi connectivity index (χ3v) is 6.81. The van der Waals surface area contributed by atoms with Gasteiger partial charge in [-0.05, 0) is 42.3 Å². The molecular formula is C27H24F3N5O2. The second-order valence-electron chi connectivity index (χ2n) is 9.41. The average molecular weight is 508 g/mol. The van der Waals surface area contributed by atoms with Crippen molar-refractivity contribution in [2.75, 3.05) is 30.0 Å². The number of benzene rings is 1. The van der Waals surface area contributed by atoms with Gasteiger partial charge in [-0.25, -0.2) is 4.39 Å². The highest BCUT2D eigenvalue weighted by Gasteiger charge is 2.49. The van der Waals surface area contributed by atoms with Crippen LogP contribution in [-0.4, -0.2) is 47.3 Å². The van der Waals surface area contributed by atoms with Gasteiger partial charge in [-0.2, -0.15) is 14.0 Å². The number of pyridine rings is 2. The number of carbonyl (C=O) groups is 1. The molecule has 7 nitrogen and oxygen atoms in total. The summed E-state index contributed by atoms with van der Waals surface area (Å²) in [6, 6.07) is 10.9. The highest BCUT2D eigenvalue weighted by atomic mass is 19.3. The zero-order chi connectivity index (χ0) is 26.4. The number of nitrogens with one attached hydrogen (secondary N) is 1. The summed E-state index contributed by atoms with van der Waals surface area (Å²) in [6.45, 7) is 3.59. The quantitative estimate of drug-likeness (QED) is 0.545. The fourth-order valence-corrected chi connectivity index (χ4v) is 4.84. The standard InChI is InChI=1S/C27H24F3N5O2/c1-16-21(11-20(13-33-16)34-25(36)18-5-6-32-23(10-18)26(2,28)29)17-3-4-19-12-27(30,15-31)24-14-37-8-7-35(24)22(19)9-17/h3-6,9-11,13,24H,7-8,12,14H2,1-2H3,(H,34,36)/t24-,27-/m0/s1. The molecule has 2 atom stereocenters. The Kier molecular flexibility index (Phi) is 6.12. The molecule has 0 saturated carbocycles. The van der Waals surface area contributed by atoms with Gasteiger partial charge >= 0.3 is 0 Å². The number of anilines is 2. The van der Waals surface area contributed by atoms with Gasteiger partial charge in [0.25, 0.3) is 11.8 Å². The molecule has 1 amide bonds. The van der Waals surface area contributed by atoms with Crippen LogP contribution in [0.3, 0.4) is 0 Å². The van der Waals surface area contributed by atoms with Crippen LogP contribution in [0.1, 0.15) is 34.2 Å². The number of halogens is 3. The van der Waals surface area contributed by atoms with Gasteiger partial charge in [0.05, 0.1) is 25.1 Å². The molecule has 10 heteroatoms. The van der Waals surface area contributed by atoms with Crippen LogP contribution in [0, 0.1) is 18.3 Å². The smallest absolute Gasteiger partial charge is 0.286 e. The Labute approximate surface area is 211 Å². The number of amides is 1. The number of morpholine rings is 1. The van der Waals surface area contributed by atoms with E-state index in [-0.39, 0.29) is 18.6 Å². The van der Waals surface area contributed by atoms with E-state index in [4.69, 9.17) is 4.74 Å². The fraction of sp³-hybridized carbons (Fsp3) is 0.333. The normalized spacial score (nSPS) is 21.0. The fourth-order valence-electron chi connectivity index (χ4n) is 4.84. The minimum atomic E-state index is -3.17. The van der Waals surface area contributed by atoms with Crippen LogP contribution in [0.4, 0.5) is 24.5 Å². The van der Waals surface area contributed by atoms with Crippen molar-refractivity contribution in [1.82, 2.24) is 9.97 Å². The van der Waals surface area contributed by atoms with Gasteiger partial charge in [-0.15, -0.1) is 0 Å². The summed E-state index contributed by atoms with van der Waals surface area (Å²) in [6.07, 6.45) is 2.64. The van der Waals surface area contributed by atoms with Gasteiger partial charge in [-0.3, -0.25) is 14.8 Å². The molecule has 1 N–H and O–H groups in total. The zero-order valence-electron chi connectivity index (χ0n) is 20.3. The van der Waals surface area contributed by atoms with Crippen molar-refractivity contribution in [3.63, 3.8) is 0 Å². The lowest BCUT2D eigenvalue weighted by atomic mass is 9.82. The number of fused-ring (bicyclic) bond motifs is 3. The van der Waals surface area contributed by atoms with Crippen LogP contribution in [-0.2, 0) is 17.1 Å². The number of ether oxygens (including phenoxy) is 1. The summed E-state index contributed by atoms with van der Waals surface area (Å²) in [5, 5.41) is 12.2. The Morgan fingerprint density at radius 3 is 2.84 bits per heavy atom. The van der Waals surface area contributed by atoms with E-state index in [2.05, 4.69) is 15.3 Å². The summed E-state index contributed by atoms with van der Waals surface area (Å²) >= 11 is 0. The number of aryl methyl sites for hydroxylation is 1. The molecule has 2 aliphatic heterocycles. The van der Waals surface area contributed by atoms with E-state index in [0.717, 1.165) is 35.4 Å². The minimum absolute atomic E-state index is 0.0261. The average Bonchev–Trinajstić information content (AvgIpc) is 2.89. The number of hydrogen-bond acceptors (Lipinski definition) is 6. The maximum Gasteiger partial charge on any atom is 0.286 e. The minimum Gasteiger partial charge on any atom is -0.377 e. The summed E-state index contributed by atoms with van der Waals surface area (Å²) in [7, 11) is 0. The van der Waals surface area contributed by atoms with E-state index in [1.54, 1.807) is 6.07 Å². The number of alkyl halides is 3. The van der Waals surface area contributed by atoms with Gasteiger partial charge in [0.1, 0.15) is 17.8 Å². The van der Waals surface area contributed by atoms with Crippen LogP contribution in [0.5, 0.6) is 0 Å². The maximum absolute atomic E-state index is 15.4. The number of nitriles is 1. The van der Waals surface area contributed by atoms with Crippen LogP contribution < -0.4 is 10.2 Å². The first-order valence-corrected chi connectivity index (χ1v) is 11.8. The third kappa shape index (κ3) is 4.62. The third-order valence-electron chi connectivity index (χ3n) is 6.81. The molecule has 0 spiro atoms. The molecule has 1 saturated heterocycles. The molecule has 37 heavy (non-hydrogen) atoms. The number of carbonyl (C=O) groups excluding carboxylic acids is 1. The van der Waals surface area contributed by atoms with Crippen molar-refractivity contribution in [1.29, 1.82) is 5.26 Å². The monoisotopic (exact) mass is 507 g/mol. The van der Waals surface area contributed by atoms with E-state index >= 15 is 4.39 Å². The van der Waals surface area contributed by atoms with Crippen LogP contribution in [0.2, 0.25) is 0 Å². The number of rotatable bonds is 4. The van der Waals surface area contributed by atoms with Gasteiger partial charge < -0.3 is 15.0 Å². The lowest BCUT2D eigenvalue weighted by Crippen LogP contribution is -2.60. The van der Waals surface area contributed by atoms with Crippen molar-refractivity contribution in [3.05, 3.63) is 71.3 Å². The second kappa shape index (κ2) is 9.16. The molecular weight excluding hydrogens is 483 g/mol. The molecule has 0 unspecified atom stereocenters. The Morgan fingerprint density at radius 2 is 2.08 bits per heavy atom. The molecule has 5 rings (SSSR count). The lowest BCUT2D eigenvalue weighted by molar-refractivity contribution is 0.0127. The number of aromatic nitrogens is 2. The van der Waals surface area contributed by atoms with Gasteiger partial charge in [0.2, 0.25) is 5.67 Å². The topological polar surface area (TPSA) is 91.1 Å². The van der Waals surface area contributed by atoms with Crippen molar-refractivity contribution in [2.45, 2.75) is 37.9 Å². The van der Waals surface area contributed by atoms with E-state index < -0.39 is 29.2 Å². The summed E-state index contributed by atoms with van der Waals surface area (Å²) in [5.74, 6) is -3.74. The Balaban J connectivity index is 1.45. The van der Waals surface area contributed by atoms with Crippen molar-refractivity contribution in [2.24, 2.45) is 0 Å². The molecule has 0 aliphatic carbocycles. The number of nitrogens with zero attached hydrogens (tertiary/aromatic N) is 4. The first-order valence-electron chi connectivity index (χ1n) is 11.8. The molecule has 4 heterocycles. The maximum atomic E-state index is 15.4. The van der Waals surface area contributed by atoms with E-state index in [9.17, 15) is 18.8 Å². The predicted molar refractivity (Wildman–Crippen MR) is 131 cm³/mol. The molecule has 1 fully saturated rings. The summed E-state index contributed by atoms with van der Waals surface area (Å²) < 4.78 is 48.2. The summed E-state index contributed by atoms with van der Waals surface area (Å²) in [5.41, 5.74) is 1.76. The van der Waals surface area contributed by atoms with Crippen molar-refractivity contribution < 1.29 is 22.7 Å². The number of hydrogen-bond donors (Lipinski definition) is 1. The molecule has 3 aromatic rings. The summed E-state index contributed by atoms with van der Waals surface area (Å²) in [4.78, 5) is 22.7. The molecule has 190 valence electrons. The lowest BCUT2D eigenvalue weighted by Gasteiger charge is -2.46. The van der Waals surface area contributed by atoms with E-state index in [1.807, 2.05) is 36.1 Å². The molecule has 0 radical (unpaired) electrons. The Morgan fingerprint density at radius 1 is 1.27 bits per heavy atom. The molecule has 2 aromatic heterocycles. The van der Waals surface area contributed by atoms with Crippen LogP contribution in [0.15, 0.2) is 48.8 Å². The first kappa shape index (κ1) is 24.7. The Hall–Kier alpha value is -3.97. The first-order chi connectivity index (χ1) is 17.6. The van der Waals surface area contributed by atoms with Gasteiger partial charge in [0, 0.05) is 48.6 Å². The van der Waals surface area contributed by atoms with E-state index in [0.29, 0.717) is 24.5 Å².